The number of halogens is 3. The molecule has 0 aromatic heterocycles. The summed E-state index contributed by atoms with van der Waals surface area (Å²) in [4.78, 5) is 29.9. The van der Waals surface area contributed by atoms with Crippen LogP contribution in [0.4, 0.5) is 8.78 Å². The largest absolute Gasteiger partial charge is 0.356 e. The van der Waals surface area contributed by atoms with Crippen LogP contribution in [-0.4, -0.2) is 42.8 Å². The fraction of sp³-hybridized carbons (Fsp3) is 0.286. The quantitative estimate of drug-likeness (QED) is 0.190. The molecule has 2 amide bonds. The number of benzene rings is 2. The van der Waals surface area contributed by atoms with Crippen LogP contribution in [0.2, 0.25) is 0 Å². The lowest BCUT2D eigenvalue weighted by molar-refractivity contribution is 0.0652. The van der Waals surface area contributed by atoms with Gasteiger partial charge in [0.2, 0.25) is 0 Å². The highest BCUT2D eigenvalue weighted by Crippen LogP contribution is 2.22. The molecule has 3 rings (SSSR count). The Labute approximate surface area is 190 Å². The highest BCUT2D eigenvalue weighted by molar-refractivity contribution is 14.0. The van der Waals surface area contributed by atoms with Crippen molar-refractivity contribution >= 4 is 41.8 Å². The summed E-state index contributed by atoms with van der Waals surface area (Å²) in [5.74, 6) is -1.05. The van der Waals surface area contributed by atoms with Gasteiger partial charge in [0.25, 0.3) is 11.8 Å². The highest BCUT2D eigenvalue weighted by Gasteiger charge is 2.34. The Bertz CT molecular complexity index is 917. The van der Waals surface area contributed by atoms with E-state index in [1.54, 1.807) is 31.3 Å². The number of hydrogen-bond donors (Lipinski definition) is 2. The van der Waals surface area contributed by atoms with Crippen LogP contribution in [0.5, 0.6) is 0 Å². The topological polar surface area (TPSA) is 73.8 Å². The summed E-state index contributed by atoms with van der Waals surface area (Å²) >= 11 is 0. The summed E-state index contributed by atoms with van der Waals surface area (Å²) in [5, 5.41) is 6.00. The SMILES string of the molecule is CN=C(NCCCCN1C(=O)c2ccccc2C1=O)NCc1cc(F)ccc1F.I. The number of imide groups is 1. The Morgan fingerprint density at radius 3 is 2.30 bits per heavy atom. The van der Waals surface area contributed by atoms with E-state index in [4.69, 9.17) is 0 Å². The molecule has 1 heterocycles. The Balaban J connectivity index is 0.00000320. The van der Waals surface area contributed by atoms with Crippen LogP contribution >= 0.6 is 24.0 Å². The molecule has 0 unspecified atom stereocenters. The third-order valence-corrected chi connectivity index (χ3v) is 4.66. The molecule has 0 aliphatic carbocycles. The van der Waals surface area contributed by atoms with Gasteiger partial charge in [-0.15, -0.1) is 24.0 Å². The lowest BCUT2D eigenvalue weighted by atomic mass is 10.1. The molecule has 0 radical (unpaired) electrons. The summed E-state index contributed by atoms with van der Waals surface area (Å²) in [6.45, 7) is 0.987. The molecular formula is C21H23F2IN4O2. The minimum atomic E-state index is -0.501. The molecule has 0 bridgehead atoms. The molecule has 2 aromatic rings. The van der Waals surface area contributed by atoms with Crippen molar-refractivity contribution in [2.45, 2.75) is 19.4 Å². The fourth-order valence-electron chi connectivity index (χ4n) is 3.12. The average Bonchev–Trinajstić information content (AvgIpc) is 2.97. The Morgan fingerprint density at radius 1 is 1.00 bits per heavy atom. The number of hydrogen-bond acceptors (Lipinski definition) is 3. The van der Waals surface area contributed by atoms with Gasteiger partial charge in [0.05, 0.1) is 11.1 Å². The van der Waals surface area contributed by atoms with Crippen LogP contribution in [-0.2, 0) is 6.54 Å². The Kier molecular flexibility index (Phi) is 8.70. The Morgan fingerprint density at radius 2 is 1.67 bits per heavy atom. The molecular weight excluding hydrogens is 505 g/mol. The molecule has 1 aliphatic heterocycles. The van der Waals surface area contributed by atoms with Gasteiger partial charge in [-0.05, 0) is 43.2 Å². The first-order valence-electron chi connectivity index (χ1n) is 9.35. The van der Waals surface area contributed by atoms with Gasteiger partial charge in [-0.1, -0.05) is 12.1 Å². The van der Waals surface area contributed by atoms with Gasteiger partial charge in [-0.25, -0.2) is 8.78 Å². The van der Waals surface area contributed by atoms with Crippen LogP contribution in [0.15, 0.2) is 47.5 Å². The van der Waals surface area contributed by atoms with E-state index in [1.807, 2.05) is 0 Å². The van der Waals surface area contributed by atoms with Crippen LogP contribution < -0.4 is 10.6 Å². The van der Waals surface area contributed by atoms with Gasteiger partial charge in [0.15, 0.2) is 5.96 Å². The molecule has 0 saturated carbocycles. The van der Waals surface area contributed by atoms with Gasteiger partial charge in [-0.2, -0.15) is 0 Å². The van der Waals surface area contributed by atoms with Gasteiger partial charge in [0.1, 0.15) is 11.6 Å². The van der Waals surface area contributed by atoms with Crippen LogP contribution in [0.25, 0.3) is 0 Å². The summed E-state index contributed by atoms with van der Waals surface area (Å²) in [6.07, 6.45) is 1.33. The molecule has 2 N–H and O–H groups in total. The summed E-state index contributed by atoms with van der Waals surface area (Å²) in [7, 11) is 1.58. The van der Waals surface area contributed by atoms with E-state index < -0.39 is 11.6 Å². The number of aliphatic imine (C=N–C) groups is 1. The van der Waals surface area contributed by atoms with E-state index in [0.29, 0.717) is 43.0 Å². The normalized spacial score (nSPS) is 13.2. The number of rotatable bonds is 7. The lowest BCUT2D eigenvalue weighted by Crippen LogP contribution is -2.38. The second kappa shape index (κ2) is 11.0. The van der Waals surface area contributed by atoms with Crippen molar-refractivity contribution in [1.82, 2.24) is 15.5 Å². The zero-order valence-corrected chi connectivity index (χ0v) is 18.8. The maximum atomic E-state index is 13.7. The van der Waals surface area contributed by atoms with E-state index in [2.05, 4.69) is 15.6 Å². The second-order valence-electron chi connectivity index (χ2n) is 6.60. The van der Waals surface area contributed by atoms with Crippen molar-refractivity contribution in [3.05, 3.63) is 70.8 Å². The molecule has 160 valence electrons. The van der Waals surface area contributed by atoms with Crippen molar-refractivity contribution in [2.24, 2.45) is 4.99 Å². The van der Waals surface area contributed by atoms with E-state index >= 15 is 0 Å². The smallest absolute Gasteiger partial charge is 0.261 e. The maximum Gasteiger partial charge on any atom is 0.261 e. The monoisotopic (exact) mass is 528 g/mol. The number of fused-ring (bicyclic) bond motifs is 1. The number of carbonyl (C=O) groups excluding carboxylic acids is 2. The van der Waals surface area contributed by atoms with Crippen molar-refractivity contribution < 1.29 is 18.4 Å². The maximum absolute atomic E-state index is 13.7. The number of nitrogens with one attached hydrogen (secondary N) is 2. The zero-order valence-electron chi connectivity index (χ0n) is 16.5. The molecule has 0 saturated heterocycles. The fourth-order valence-corrected chi connectivity index (χ4v) is 3.12. The van der Waals surface area contributed by atoms with E-state index in [9.17, 15) is 18.4 Å². The molecule has 9 heteroatoms. The van der Waals surface area contributed by atoms with Crippen LogP contribution in [0.3, 0.4) is 0 Å². The Hall–Kier alpha value is -2.56. The molecule has 0 atom stereocenters. The average molecular weight is 528 g/mol. The highest BCUT2D eigenvalue weighted by atomic mass is 127. The van der Waals surface area contributed by atoms with Crippen molar-refractivity contribution in [3.63, 3.8) is 0 Å². The number of carbonyl (C=O) groups is 2. The molecule has 30 heavy (non-hydrogen) atoms. The van der Waals surface area contributed by atoms with E-state index in [1.165, 1.54) is 4.90 Å². The van der Waals surface area contributed by atoms with E-state index in [0.717, 1.165) is 18.2 Å². The predicted octanol–water partition coefficient (Wildman–Crippen LogP) is 3.32. The molecule has 2 aromatic carbocycles. The molecule has 6 nitrogen and oxygen atoms in total. The van der Waals surface area contributed by atoms with Crippen molar-refractivity contribution in [1.29, 1.82) is 0 Å². The summed E-state index contributed by atoms with van der Waals surface area (Å²) in [6, 6.07) is 10.1. The second-order valence-corrected chi connectivity index (χ2v) is 6.60. The number of unbranched alkanes of at least 4 members (excludes halogenated alkanes) is 1. The first-order valence-corrected chi connectivity index (χ1v) is 9.35. The minimum Gasteiger partial charge on any atom is -0.356 e. The molecule has 0 fully saturated rings. The predicted molar refractivity (Wildman–Crippen MR) is 121 cm³/mol. The van der Waals surface area contributed by atoms with Crippen molar-refractivity contribution in [2.75, 3.05) is 20.1 Å². The minimum absolute atomic E-state index is 0. The first-order chi connectivity index (χ1) is 14.0. The van der Waals surface area contributed by atoms with Gasteiger partial charge < -0.3 is 10.6 Å². The number of guanidine groups is 1. The van der Waals surface area contributed by atoms with Crippen molar-refractivity contribution in [3.8, 4) is 0 Å². The first kappa shape index (κ1) is 23.7. The third kappa shape index (κ3) is 5.53. The summed E-state index contributed by atoms with van der Waals surface area (Å²) < 4.78 is 26.9. The molecule has 1 aliphatic rings. The van der Waals surface area contributed by atoms with Crippen LogP contribution in [0, 0.1) is 11.6 Å². The van der Waals surface area contributed by atoms with Gasteiger partial charge >= 0.3 is 0 Å². The van der Waals surface area contributed by atoms with E-state index in [-0.39, 0.29) is 47.9 Å². The van der Waals surface area contributed by atoms with Crippen LogP contribution in [0.1, 0.15) is 39.1 Å². The number of nitrogens with zero attached hydrogens (tertiary/aromatic N) is 2. The summed E-state index contributed by atoms with van der Waals surface area (Å²) in [5.41, 5.74) is 1.10. The number of amides is 2. The lowest BCUT2D eigenvalue weighted by Gasteiger charge is -2.15. The molecule has 0 spiro atoms. The van der Waals surface area contributed by atoms with Gasteiger partial charge in [-0.3, -0.25) is 19.5 Å². The third-order valence-electron chi connectivity index (χ3n) is 4.66. The zero-order chi connectivity index (χ0) is 20.8. The van der Waals surface area contributed by atoms with Gasteiger partial charge in [0, 0.05) is 32.2 Å². The standard InChI is InChI=1S/C21H22F2N4O2.HI/c1-24-21(26-13-14-12-15(22)8-9-18(14)23)25-10-4-5-11-27-19(28)16-6-2-3-7-17(16)20(27)29;/h2-3,6-9,12H,4-5,10-11,13H2,1H3,(H2,24,25,26);1H.